The van der Waals surface area contributed by atoms with Crippen LogP contribution in [0.3, 0.4) is 0 Å². The van der Waals surface area contributed by atoms with Gasteiger partial charge >= 0.3 is 0 Å². The molecular formula is C12H19S. The van der Waals surface area contributed by atoms with Crippen molar-refractivity contribution < 1.29 is 0 Å². The van der Waals surface area contributed by atoms with Crippen molar-refractivity contribution in [3.63, 3.8) is 0 Å². The molecule has 1 radical (unpaired) electrons. The normalized spacial score (nSPS) is 13.1. The molecule has 0 aliphatic carbocycles. The minimum atomic E-state index is 0.895. The van der Waals surface area contributed by atoms with Gasteiger partial charge < -0.3 is 0 Å². The van der Waals surface area contributed by atoms with Gasteiger partial charge in [0.05, 0.1) is 0 Å². The fourth-order valence-corrected chi connectivity index (χ4v) is 2.35. The van der Waals surface area contributed by atoms with Crippen LogP contribution in [0.25, 0.3) is 0 Å². The fraction of sp³-hybridized carbons (Fsp3) is 0.667. The first kappa shape index (κ1) is 10.8. The van der Waals surface area contributed by atoms with E-state index in [4.69, 9.17) is 0 Å². The van der Waals surface area contributed by atoms with Crippen LogP contribution < -0.4 is 0 Å². The maximum atomic E-state index is 3.16. The molecule has 1 atom stereocenters. The van der Waals surface area contributed by atoms with Gasteiger partial charge in [0.25, 0.3) is 0 Å². The first-order valence-corrected chi connectivity index (χ1v) is 6.13. The summed E-state index contributed by atoms with van der Waals surface area (Å²) in [6, 6.07) is 4.24. The first-order valence-electron chi connectivity index (χ1n) is 5.31. The quantitative estimate of drug-likeness (QED) is 0.634. The summed E-state index contributed by atoms with van der Waals surface area (Å²) in [5.41, 5.74) is 0. The molecule has 1 aromatic rings. The van der Waals surface area contributed by atoms with Gasteiger partial charge in [-0.2, -0.15) is 0 Å². The van der Waals surface area contributed by atoms with Gasteiger partial charge in [-0.15, -0.1) is 11.3 Å². The Bertz CT molecular complexity index is 201. The smallest absolute Gasteiger partial charge is 0.0445 e. The number of rotatable bonds is 6. The average Bonchev–Trinajstić information content (AvgIpc) is 2.64. The van der Waals surface area contributed by atoms with Crippen LogP contribution in [0, 0.1) is 11.3 Å². The molecule has 1 heterocycles. The minimum Gasteiger partial charge on any atom is -0.139 e. The molecule has 0 aliphatic rings. The lowest BCUT2D eigenvalue weighted by Crippen LogP contribution is -2.01. The van der Waals surface area contributed by atoms with E-state index in [1.54, 1.807) is 11.3 Å². The van der Waals surface area contributed by atoms with E-state index in [1.807, 2.05) is 6.07 Å². The maximum Gasteiger partial charge on any atom is 0.0445 e. The zero-order chi connectivity index (χ0) is 9.52. The zero-order valence-electron chi connectivity index (χ0n) is 8.68. The minimum absolute atomic E-state index is 0.895. The summed E-state index contributed by atoms with van der Waals surface area (Å²) >= 11 is 1.78. The van der Waals surface area contributed by atoms with Crippen LogP contribution in [-0.4, -0.2) is 0 Å². The molecule has 0 N–H and O–H groups in total. The Morgan fingerprint density at radius 3 is 2.85 bits per heavy atom. The van der Waals surface area contributed by atoms with Gasteiger partial charge in [-0.3, -0.25) is 0 Å². The van der Waals surface area contributed by atoms with Gasteiger partial charge in [0.1, 0.15) is 0 Å². The average molecular weight is 195 g/mol. The highest BCUT2D eigenvalue weighted by molar-refractivity contribution is 7.09. The second kappa shape index (κ2) is 6.20. The van der Waals surface area contributed by atoms with Crippen molar-refractivity contribution in [2.75, 3.05) is 0 Å². The molecule has 0 fully saturated rings. The lowest BCUT2D eigenvalue weighted by molar-refractivity contribution is 0.452. The maximum absolute atomic E-state index is 3.16. The van der Waals surface area contributed by atoms with Gasteiger partial charge in [-0.05, 0) is 24.5 Å². The van der Waals surface area contributed by atoms with Crippen LogP contribution in [0.15, 0.2) is 12.1 Å². The Labute approximate surface area is 86.0 Å². The largest absolute Gasteiger partial charge is 0.139 e. The summed E-state index contributed by atoms with van der Waals surface area (Å²) < 4.78 is 0. The highest BCUT2D eigenvalue weighted by Crippen LogP contribution is 2.20. The summed E-state index contributed by atoms with van der Waals surface area (Å²) in [5.74, 6) is 0.895. The summed E-state index contributed by atoms with van der Waals surface area (Å²) in [5, 5.41) is 3.16. The highest BCUT2D eigenvalue weighted by atomic mass is 32.1. The van der Waals surface area contributed by atoms with Crippen molar-refractivity contribution in [2.24, 2.45) is 5.92 Å². The number of thiophene rings is 1. The summed E-state index contributed by atoms with van der Waals surface area (Å²) in [7, 11) is 0. The van der Waals surface area contributed by atoms with Crippen molar-refractivity contribution in [3.05, 3.63) is 22.4 Å². The summed E-state index contributed by atoms with van der Waals surface area (Å²) in [6.07, 6.45) is 6.69. The van der Waals surface area contributed by atoms with Crippen LogP contribution >= 0.6 is 11.3 Å². The van der Waals surface area contributed by atoms with E-state index in [2.05, 4.69) is 25.3 Å². The molecule has 13 heavy (non-hydrogen) atoms. The highest BCUT2D eigenvalue weighted by Gasteiger charge is 2.07. The monoisotopic (exact) mass is 195 g/mol. The van der Waals surface area contributed by atoms with Crippen LogP contribution in [0.5, 0.6) is 0 Å². The van der Waals surface area contributed by atoms with Crippen molar-refractivity contribution in [2.45, 2.75) is 46.0 Å². The Balaban J connectivity index is 2.31. The Morgan fingerprint density at radius 1 is 1.46 bits per heavy atom. The molecule has 0 spiro atoms. The topological polar surface area (TPSA) is 0 Å². The van der Waals surface area contributed by atoms with Crippen molar-refractivity contribution in [1.82, 2.24) is 0 Å². The molecule has 73 valence electrons. The van der Waals surface area contributed by atoms with Gasteiger partial charge in [0.15, 0.2) is 0 Å². The second-order valence-electron chi connectivity index (χ2n) is 3.64. The van der Waals surface area contributed by atoms with E-state index < -0.39 is 0 Å². The van der Waals surface area contributed by atoms with Crippen LogP contribution in [-0.2, 0) is 6.42 Å². The van der Waals surface area contributed by atoms with Gasteiger partial charge in [0.2, 0.25) is 0 Å². The predicted molar refractivity (Wildman–Crippen MR) is 60.2 cm³/mol. The summed E-state index contributed by atoms with van der Waals surface area (Å²) in [4.78, 5) is 1.50. The van der Waals surface area contributed by atoms with E-state index in [-0.39, 0.29) is 0 Å². The van der Waals surface area contributed by atoms with Crippen LogP contribution in [0.4, 0.5) is 0 Å². The molecule has 1 aromatic heterocycles. The molecule has 1 heteroatoms. The molecule has 0 saturated heterocycles. The molecular weight excluding hydrogens is 176 g/mol. The summed E-state index contributed by atoms with van der Waals surface area (Å²) in [6.45, 7) is 4.57. The van der Waals surface area contributed by atoms with E-state index in [0.717, 1.165) is 5.92 Å². The standard InChI is InChI=1S/C12H19S/c1-3-5-7-11(4-2)10-12-8-6-9-13-12/h6,8,11H,3-5,7,10H2,1-2H3. The number of hydrogen-bond donors (Lipinski definition) is 0. The third-order valence-corrected chi connectivity index (χ3v) is 3.38. The Morgan fingerprint density at radius 2 is 2.31 bits per heavy atom. The first-order chi connectivity index (χ1) is 6.36. The third-order valence-electron chi connectivity index (χ3n) is 2.56. The van der Waals surface area contributed by atoms with Crippen molar-refractivity contribution in [3.8, 4) is 0 Å². The molecule has 1 unspecified atom stereocenters. The Hall–Kier alpha value is -0.300. The molecule has 0 amide bonds. The molecule has 0 bridgehead atoms. The zero-order valence-corrected chi connectivity index (χ0v) is 9.49. The van der Waals surface area contributed by atoms with Crippen LogP contribution in [0.1, 0.15) is 44.4 Å². The third kappa shape index (κ3) is 3.95. The van der Waals surface area contributed by atoms with E-state index in [9.17, 15) is 0 Å². The Kier molecular flexibility index (Phi) is 5.14. The molecule has 1 rings (SSSR count). The number of hydrogen-bond acceptors (Lipinski definition) is 1. The van der Waals surface area contributed by atoms with Gasteiger partial charge in [-0.1, -0.05) is 39.5 Å². The molecule has 0 saturated carbocycles. The predicted octanol–water partition coefficient (Wildman–Crippen LogP) is 4.31. The van der Waals surface area contributed by atoms with Crippen molar-refractivity contribution >= 4 is 11.3 Å². The van der Waals surface area contributed by atoms with Gasteiger partial charge in [0, 0.05) is 10.3 Å². The van der Waals surface area contributed by atoms with Gasteiger partial charge in [-0.25, -0.2) is 0 Å². The van der Waals surface area contributed by atoms with Crippen molar-refractivity contribution in [1.29, 1.82) is 0 Å². The second-order valence-corrected chi connectivity index (χ2v) is 4.60. The lowest BCUT2D eigenvalue weighted by Gasteiger charge is -2.12. The molecule has 0 aliphatic heterocycles. The van der Waals surface area contributed by atoms with Crippen LogP contribution in [0.2, 0.25) is 0 Å². The molecule has 0 nitrogen and oxygen atoms in total. The fourth-order valence-electron chi connectivity index (χ4n) is 1.61. The lowest BCUT2D eigenvalue weighted by atomic mass is 9.95. The molecule has 0 aromatic carbocycles. The SMILES string of the molecule is CCCCC(CC)Cc1cc[c]s1. The van der Waals surface area contributed by atoms with E-state index in [1.165, 1.54) is 37.0 Å². The number of unbranched alkanes of at least 4 members (excludes halogenated alkanes) is 1. The van der Waals surface area contributed by atoms with E-state index >= 15 is 0 Å². The van der Waals surface area contributed by atoms with E-state index in [0.29, 0.717) is 0 Å².